The molecule has 0 bridgehead atoms. The van der Waals surface area contributed by atoms with Crippen LogP contribution in [-0.2, 0) is 11.3 Å². The summed E-state index contributed by atoms with van der Waals surface area (Å²) >= 11 is 0. The lowest BCUT2D eigenvalue weighted by Gasteiger charge is -1.97. The SMILES string of the molecule is CNCc1nc2ccc(C(=O)OC)cc2[nH]1. The number of fused-ring (bicyclic) bond motifs is 1. The molecule has 16 heavy (non-hydrogen) atoms. The van der Waals surface area contributed by atoms with Crippen molar-refractivity contribution >= 4 is 17.0 Å². The molecule has 0 aliphatic carbocycles. The van der Waals surface area contributed by atoms with Crippen molar-refractivity contribution < 1.29 is 9.53 Å². The van der Waals surface area contributed by atoms with Crippen molar-refractivity contribution in [2.45, 2.75) is 6.54 Å². The van der Waals surface area contributed by atoms with Gasteiger partial charge in [-0.25, -0.2) is 9.78 Å². The van der Waals surface area contributed by atoms with E-state index in [-0.39, 0.29) is 5.97 Å². The summed E-state index contributed by atoms with van der Waals surface area (Å²) in [5, 5.41) is 3.01. The second kappa shape index (κ2) is 4.32. The first-order valence-electron chi connectivity index (χ1n) is 4.96. The maximum absolute atomic E-state index is 11.3. The molecule has 0 radical (unpaired) electrons. The molecule has 2 rings (SSSR count). The van der Waals surface area contributed by atoms with Gasteiger partial charge in [-0.15, -0.1) is 0 Å². The minimum Gasteiger partial charge on any atom is -0.465 e. The normalized spacial score (nSPS) is 10.6. The van der Waals surface area contributed by atoms with E-state index in [4.69, 9.17) is 0 Å². The monoisotopic (exact) mass is 219 g/mol. The number of carbonyl (C=O) groups excluding carboxylic acids is 1. The van der Waals surface area contributed by atoms with E-state index in [0.29, 0.717) is 12.1 Å². The lowest BCUT2D eigenvalue weighted by atomic mass is 10.2. The number of aromatic nitrogens is 2. The zero-order valence-electron chi connectivity index (χ0n) is 9.20. The van der Waals surface area contributed by atoms with Crippen LogP contribution in [0.5, 0.6) is 0 Å². The van der Waals surface area contributed by atoms with Crippen molar-refractivity contribution in [1.29, 1.82) is 0 Å². The zero-order valence-corrected chi connectivity index (χ0v) is 9.20. The van der Waals surface area contributed by atoms with E-state index in [1.165, 1.54) is 7.11 Å². The summed E-state index contributed by atoms with van der Waals surface area (Å²) in [4.78, 5) is 18.8. The Morgan fingerprint density at radius 2 is 2.38 bits per heavy atom. The van der Waals surface area contributed by atoms with Gasteiger partial charge in [0.1, 0.15) is 5.82 Å². The molecule has 2 N–H and O–H groups in total. The molecule has 0 atom stereocenters. The minimum absolute atomic E-state index is 0.341. The van der Waals surface area contributed by atoms with Gasteiger partial charge in [-0.05, 0) is 25.2 Å². The molecule has 1 aromatic carbocycles. The number of esters is 1. The van der Waals surface area contributed by atoms with Gasteiger partial charge in [0.25, 0.3) is 0 Å². The highest BCUT2D eigenvalue weighted by atomic mass is 16.5. The van der Waals surface area contributed by atoms with E-state index >= 15 is 0 Å². The highest BCUT2D eigenvalue weighted by Gasteiger charge is 2.08. The number of nitrogens with one attached hydrogen (secondary N) is 2. The van der Waals surface area contributed by atoms with Crippen molar-refractivity contribution in [2.24, 2.45) is 0 Å². The molecule has 0 aliphatic heterocycles. The average Bonchev–Trinajstić information content (AvgIpc) is 2.69. The molecule has 0 amide bonds. The van der Waals surface area contributed by atoms with Crippen molar-refractivity contribution in [1.82, 2.24) is 15.3 Å². The quantitative estimate of drug-likeness (QED) is 0.758. The van der Waals surface area contributed by atoms with Gasteiger partial charge in [-0.3, -0.25) is 0 Å². The number of methoxy groups -OCH3 is 1. The van der Waals surface area contributed by atoms with Crippen LogP contribution in [0, 0.1) is 0 Å². The number of hydrogen-bond donors (Lipinski definition) is 2. The number of ether oxygens (including phenoxy) is 1. The third-order valence-corrected chi connectivity index (χ3v) is 2.30. The predicted molar refractivity (Wildman–Crippen MR) is 60.2 cm³/mol. The second-order valence-electron chi connectivity index (χ2n) is 3.44. The Morgan fingerprint density at radius 3 is 3.06 bits per heavy atom. The Morgan fingerprint density at radius 1 is 1.56 bits per heavy atom. The van der Waals surface area contributed by atoms with E-state index in [1.807, 2.05) is 7.05 Å². The van der Waals surface area contributed by atoms with Crippen LogP contribution in [0.4, 0.5) is 0 Å². The smallest absolute Gasteiger partial charge is 0.337 e. The van der Waals surface area contributed by atoms with E-state index in [1.54, 1.807) is 18.2 Å². The summed E-state index contributed by atoms with van der Waals surface area (Å²) < 4.78 is 4.65. The van der Waals surface area contributed by atoms with Gasteiger partial charge in [0.15, 0.2) is 0 Å². The maximum Gasteiger partial charge on any atom is 0.337 e. The average molecular weight is 219 g/mol. The summed E-state index contributed by atoms with van der Waals surface area (Å²) in [6, 6.07) is 5.25. The molecule has 5 heteroatoms. The molecule has 1 heterocycles. The van der Waals surface area contributed by atoms with Gasteiger partial charge in [0.2, 0.25) is 0 Å². The van der Waals surface area contributed by atoms with Crippen molar-refractivity contribution in [3.8, 4) is 0 Å². The van der Waals surface area contributed by atoms with Gasteiger partial charge in [-0.2, -0.15) is 0 Å². The molecular formula is C11H13N3O2. The first-order valence-corrected chi connectivity index (χ1v) is 4.96. The van der Waals surface area contributed by atoms with E-state index in [9.17, 15) is 4.79 Å². The minimum atomic E-state index is -0.341. The van der Waals surface area contributed by atoms with Gasteiger partial charge >= 0.3 is 5.97 Å². The molecular weight excluding hydrogens is 206 g/mol. The van der Waals surface area contributed by atoms with E-state index < -0.39 is 0 Å². The highest BCUT2D eigenvalue weighted by molar-refractivity contribution is 5.93. The van der Waals surface area contributed by atoms with E-state index in [0.717, 1.165) is 16.9 Å². The fourth-order valence-corrected chi connectivity index (χ4v) is 1.56. The molecule has 5 nitrogen and oxygen atoms in total. The Bertz CT molecular complexity index is 519. The molecule has 0 saturated heterocycles. The summed E-state index contributed by atoms with van der Waals surface area (Å²) in [6.45, 7) is 0.669. The third kappa shape index (κ3) is 1.90. The van der Waals surface area contributed by atoms with Gasteiger partial charge in [-0.1, -0.05) is 0 Å². The molecule has 0 saturated carbocycles. The molecule has 0 aliphatic rings. The number of hydrogen-bond acceptors (Lipinski definition) is 4. The van der Waals surface area contributed by atoms with Crippen LogP contribution in [-0.4, -0.2) is 30.1 Å². The lowest BCUT2D eigenvalue weighted by molar-refractivity contribution is 0.0601. The van der Waals surface area contributed by atoms with Crippen LogP contribution < -0.4 is 5.32 Å². The zero-order chi connectivity index (χ0) is 11.5. The summed E-state index contributed by atoms with van der Waals surface area (Å²) in [6.07, 6.45) is 0. The number of nitrogens with zero attached hydrogens (tertiary/aromatic N) is 1. The molecule has 84 valence electrons. The van der Waals surface area contributed by atoms with Crippen LogP contribution in [0.2, 0.25) is 0 Å². The Kier molecular flexibility index (Phi) is 2.87. The Balaban J connectivity index is 2.41. The second-order valence-corrected chi connectivity index (χ2v) is 3.44. The molecule has 0 fully saturated rings. The first kappa shape index (κ1) is 10.6. The standard InChI is InChI=1S/C11H13N3O2/c1-12-6-10-13-8-4-3-7(11(15)16-2)5-9(8)14-10/h3-5,12H,6H2,1-2H3,(H,13,14). The van der Waals surface area contributed by atoms with Crippen molar-refractivity contribution in [3.05, 3.63) is 29.6 Å². The summed E-state index contributed by atoms with van der Waals surface area (Å²) in [5.74, 6) is 0.506. The van der Waals surface area contributed by atoms with Gasteiger partial charge < -0.3 is 15.0 Å². The highest BCUT2D eigenvalue weighted by Crippen LogP contribution is 2.14. The molecule has 0 unspecified atom stereocenters. The number of rotatable bonds is 3. The third-order valence-electron chi connectivity index (χ3n) is 2.30. The largest absolute Gasteiger partial charge is 0.465 e. The number of benzene rings is 1. The Labute approximate surface area is 92.8 Å². The van der Waals surface area contributed by atoms with Crippen molar-refractivity contribution in [2.75, 3.05) is 14.2 Å². The number of H-pyrrole nitrogens is 1. The summed E-state index contributed by atoms with van der Waals surface area (Å²) in [7, 11) is 3.22. The van der Waals surface area contributed by atoms with Crippen LogP contribution in [0.15, 0.2) is 18.2 Å². The van der Waals surface area contributed by atoms with E-state index in [2.05, 4.69) is 20.0 Å². The van der Waals surface area contributed by atoms with Gasteiger partial charge in [0.05, 0.1) is 30.3 Å². The predicted octanol–water partition coefficient (Wildman–Crippen LogP) is 1.07. The Hall–Kier alpha value is -1.88. The first-order chi connectivity index (χ1) is 7.74. The van der Waals surface area contributed by atoms with Gasteiger partial charge in [0, 0.05) is 0 Å². The fourth-order valence-electron chi connectivity index (χ4n) is 1.56. The molecule has 1 aromatic heterocycles. The number of imidazole rings is 1. The van der Waals surface area contributed by atoms with Crippen LogP contribution in [0.3, 0.4) is 0 Å². The lowest BCUT2D eigenvalue weighted by Crippen LogP contribution is -2.06. The molecule has 0 spiro atoms. The number of aromatic amines is 1. The van der Waals surface area contributed by atoms with Crippen LogP contribution in [0.25, 0.3) is 11.0 Å². The topological polar surface area (TPSA) is 67.0 Å². The maximum atomic E-state index is 11.3. The number of carbonyl (C=O) groups is 1. The van der Waals surface area contributed by atoms with Crippen LogP contribution in [0.1, 0.15) is 16.2 Å². The fraction of sp³-hybridized carbons (Fsp3) is 0.273. The summed E-state index contributed by atoms with van der Waals surface area (Å²) in [5.41, 5.74) is 2.21. The molecule has 2 aromatic rings. The van der Waals surface area contributed by atoms with Crippen molar-refractivity contribution in [3.63, 3.8) is 0 Å². The van der Waals surface area contributed by atoms with Crippen LogP contribution >= 0.6 is 0 Å².